The van der Waals surface area contributed by atoms with Crippen molar-refractivity contribution in [3.05, 3.63) is 88.5 Å². The van der Waals surface area contributed by atoms with Crippen LogP contribution in [0.3, 0.4) is 0 Å². The third-order valence-electron chi connectivity index (χ3n) is 4.76. The first kappa shape index (κ1) is 22.0. The zero-order chi connectivity index (χ0) is 23.8. The molecule has 0 aliphatic heterocycles. The lowest BCUT2D eigenvalue weighted by Gasteiger charge is -2.15. The summed E-state index contributed by atoms with van der Waals surface area (Å²) in [5, 5.41) is 4.21. The van der Waals surface area contributed by atoms with E-state index in [1.807, 2.05) is 0 Å². The molecule has 0 fully saturated rings. The topological polar surface area (TPSA) is 70.4 Å². The second-order valence-electron chi connectivity index (χ2n) is 6.83. The lowest BCUT2D eigenvalue weighted by Crippen LogP contribution is -2.24. The van der Waals surface area contributed by atoms with E-state index >= 15 is 0 Å². The van der Waals surface area contributed by atoms with Gasteiger partial charge in [0.1, 0.15) is 11.6 Å². The number of halogens is 4. The summed E-state index contributed by atoms with van der Waals surface area (Å²) < 4.78 is 60.7. The molecule has 0 aliphatic carbocycles. The van der Waals surface area contributed by atoms with Gasteiger partial charge in [-0.2, -0.15) is 5.10 Å². The van der Waals surface area contributed by atoms with Crippen LogP contribution >= 0.6 is 0 Å². The fraction of sp³-hybridized carbons (Fsp3) is 0.0870. The highest BCUT2D eigenvalue weighted by Crippen LogP contribution is 2.29. The molecule has 3 aromatic carbocycles. The number of fused-ring (bicyclic) bond motifs is 1. The number of hydrogen-bond donors (Lipinski definition) is 0. The molecule has 0 saturated carbocycles. The summed E-state index contributed by atoms with van der Waals surface area (Å²) in [5.41, 5.74) is 0.243. The Morgan fingerprint density at radius 3 is 2.24 bits per heavy atom. The van der Waals surface area contributed by atoms with Crippen molar-refractivity contribution < 1.29 is 31.8 Å². The Kier molecular flexibility index (Phi) is 5.59. The van der Waals surface area contributed by atoms with Crippen molar-refractivity contribution in [1.82, 2.24) is 9.78 Å². The number of carbonyl (C=O) groups is 1. The summed E-state index contributed by atoms with van der Waals surface area (Å²) in [6, 6.07) is 15.0. The minimum atomic E-state index is -4.86. The van der Waals surface area contributed by atoms with Crippen LogP contribution in [-0.2, 0) is 4.74 Å². The van der Waals surface area contributed by atoms with Crippen molar-refractivity contribution in [3.8, 4) is 22.6 Å². The first-order valence-electron chi connectivity index (χ1n) is 9.44. The number of benzene rings is 3. The zero-order valence-corrected chi connectivity index (χ0v) is 16.9. The number of ether oxygens (including phenoxy) is 2. The standard InChI is InChI=1S/C23H14F4N2O4/c1-32-22(31)20-21(30)19-17(13-5-7-14(24)8-6-13)3-2-4-18(19)29(28-20)15-9-11-16(12-10-15)33-23(25,26)27/h2-12H,1H3. The molecular formula is C23H14F4N2O4. The van der Waals surface area contributed by atoms with E-state index in [1.165, 1.54) is 41.1 Å². The summed E-state index contributed by atoms with van der Waals surface area (Å²) in [6.07, 6.45) is -4.86. The number of aromatic nitrogens is 2. The van der Waals surface area contributed by atoms with Crippen LogP contribution in [0.15, 0.2) is 71.5 Å². The molecule has 0 N–H and O–H groups in total. The van der Waals surface area contributed by atoms with Gasteiger partial charge in [0.15, 0.2) is 0 Å². The van der Waals surface area contributed by atoms with Gasteiger partial charge < -0.3 is 9.47 Å². The van der Waals surface area contributed by atoms with Crippen LogP contribution in [0.1, 0.15) is 10.5 Å². The molecule has 0 aliphatic rings. The highest BCUT2D eigenvalue weighted by Gasteiger charge is 2.31. The van der Waals surface area contributed by atoms with Crippen molar-refractivity contribution in [2.75, 3.05) is 7.11 Å². The molecular weight excluding hydrogens is 444 g/mol. The molecule has 168 valence electrons. The van der Waals surface area contributed by atoms with Crippen LogP contribution in [0, 0.1) is 5.82 Å². The molecule has 0 radical (unpaired) electrons. The van der Waals surface area contributed by atoms with E-state index in [1.54, 1.807) is 18.2 Å². The third kappa shape index (κ3) is 4.40. The van der Waals surface area contributed by atoms with Crippen molar-refractivity contribution in [2.24, 2.45) is 0 Å². The Morgan fingerprint density at radius 2 is 1.64 bits per heavy atom. The Labute approximate surface area is 183 Å². The summed E-state index contributed by atoms with van der Waals surface area (Å²) >= 11 is 0. The lowest BCUT2D eigenvalue weighted by molar-refractivity contribution is -0.274. The predicted molar refractivity (Wildman–Crippen MR) is 111 cm³/mol. The lowest BCUT2D eigenvalue weighted by atomic mass is 10.00. The molecule has 4 aromatic rings. The quantitative estimate of drug-likeness (QED) is 0.322. The Morgan fingerprint density at radius 1 is 0.970 bits per heavy atom. The maximum Gasteiger partial charge on any atom is 0.573 e. The number of hydrogen-bond acceptors (Lipinski definition) is 5. The Balaban J connectivity index is 1.98. The van der Waals surface area contributed by atoms with Gasteiger partial charge in [0, 0.05) is 0 Å². The molecule has 33 heavy (non-hydrogen) atoms. The molecule has 0 saturated heterocycles. The molecule has 1 aromatic heterocycles. The van der Waals surface area contributed by atoms with Gasteiger partial charge in [-0.1, -0.05) is 24.3 Å². The molecule has 6 nitrogen and oxygen atoms in total. The van der Waals surface area contributed by atoms with E-state index in [4.69, 9.17) is 0 Å². The minimum Gasteiger partial charge on any atom is -0.464 e. The molecule has 1 heterocycles. The van der Waals surface area contributed by atoms with Crippen LogP contribution in [0.4, 0.5) is 17.6 Å². The molecule has 4 rings (SSSR count). The van der Waals surface area contributed by atoms with Crippen molar-refractivity contribution in [3.63, 3.8) is 0 Å². The fourth-order valence-corrected chi connectivity index (χ4v) is 3.36. The van der Waals surface area contributed by atoms with Gasteiger partial charge in [0.2, 0.25) is 11.1 Å². The van der Waals surface area contributed by atoms with E-state index < -0.39 is 35.0 Å². The highest BCUT2D eigenvalue weighted by molar-refractivity contribution is 5.99. The second kappa shape index (κ2) is 8.38. The number of carbonyl (C=O) groups excluding carboxylic acids is 1. The van der Waals surface area contributed by atoms with Crippen molar-refractivity contribution in [2.45, 2.75) is 6.36 Å². The first-order valence-corrected chi connectivity index (χ1v) is 9.44. The molecule has 0 unspecified atom stereocenters. The van der Waals surface area contributed by atoms with Crippen molar-refractivity contribution in [1.29, 1.82) is 0 Å². The third-order valence-corrected chi connectivity index (χ3v) is 4.76. The van der Waals surface area contributed by atoms with Gasteiger partial charge in [-0.05, 0) is 53.6 Å². The normalized spacial score (nSPS) is 11.4. The van der Waals surface area contributed by atoms with Gasteiger partial charge in [0.25, 0.3) is 0 Å². The summed E-state index contributed by atoms with van der Waals surface area (Å²) in [5.74, 6) is -1.90. The molecule has 10 heteroatoms. The number of methoxy groups -OCH3 is 1. The molecule has 0 bridgehead atoms. The van der Waals surface area contributed by atoms with Crippen LogP contribution in [0.25, 0.3) is 27.7 Å². The maximum atomic E-state index is 13.4. The summed E-state index contributed by atoms with van der Waals surface area (Å²) in [4.78, 5) is 25.5. The van der Waals surface area contributed by atoms with E-state index in [0.29, 0.717) is 11.1 Å². The monoisotopic (exact) mass is 458 g/mol. The van der Waals surface area contributed by atoms with Crippen LogP contribution in [0.5, 0.6) is 5.75 Å². The van der Waals surface area contributed by atoms with E-state index in [9.17, 15) is 27.2 Å². The molecule has 0 amide bonds. The first-order chi connectivity index (χ1) is 15.7. The zero-order valence-electron chi connectivity index (χ0n) is 16.9. The van der Waals surface area contributed by atoms with Crippen molar-refractivity contribution >= 4 is 16.9 Å². The SMILES string of the molecule is COC(=O)c1nn(-c2ccc(OC(F)(F)F)cc2)c2cccc(-c3ccc(F)cc3)c2c1=O. The largest absolute Gasteiger partial charge is 0.573 e. The highest BCUT2D eigenvalue weighted by atomic mass is 19.4. The van der Waals surface area contributed by atoms with Crippen LogP contribution in [-0.4, -0.2) is 29.2 Å². The fourth-order valence-electron chi connectivity index (χ4n) is 3.36. The smallest absolute Gasteiger partial charge is 0.464 e. The average molecular weight is 458 g/mol. The number of rotatable bonds is 4. The number of alkyl halides is 3. The van der Waals surface area contributed by atoms with Gasteiger partial charge in [0.05, 0.1) is 23.7 Å². The van der Waals surface area contributed by atoms with E-state index in [0.717, 1.165) is 19.2 Å². The van der Waals surface area contributed by atoms with Crippen LogP contribution < -0.4 is 10.2 Å². The predicted octanol–water partition coefficient (Wildman–Crippen LogP) is 4.88. The van der Waals surface area contributed by atoms with Gasteiger partial charge in [-0.15, -0.1) is 13.2 Å². The second-order valence-corrected chi connectivity index (χ2v) is 6.83. The molecule has 0 atom stereocenters. The maximum absolute atomic E-state index is 13.4. The Bertz CT molecular complexity index is 1400. The number of esters is 1. The van der Waals surface area contributed by atoms with Gasteiger partial charge in [-0.25, -0.2) is 13.9 Å². The number of nitrogens with zero attached hydrogens (tertiary/aromatic N) is 2. The van der Waals surface area contributed by atoms with E-state index in [-0.39, 0.29) is 16.6 Å². The van der Waals surface area contributed by atoms with Crippen LogP contribution in [0.2, 0.25) is 0 Å². The molecule has 0 spiro atoms. The average Bonchev–Trinajstić information content (AvgIpc) is 2.79. The van der Waals surface area contributed by atoms with E-state index in [2.05, 4.69) is 14.6 Å². The minimum absolute atomic E-state index is 0.107. The summed E-state index contributed by atoms with van der Waals surface area (Å²) in [6.45, 7) is 0. The van der Waals surface area contributed by atoms with Gasteiger partial charge >= 0.3 is 12.3 Å². The van der Waals surface area contributed by atoms with Gasteiger partial charge in [-0.3, -0.25) is 4.79 Å². The summed E-state index contributed by atoms with van der Waals surface area (Å²) in [7, 11) is 1.09. The Hall–Kier alpha value is -4.21.